The molecule has 0 saturated carbocycles. The van der Waals surface area contributed by atoms with E-state index in [0.29, 0.717) is 17.5 Å². The summed E-state index contributed by atoms with van der Waals surface area (Å²) < 4.78 is 13.2. The maximum atomic E-state index is 6.75. The molecule has 0 amide bonds. The molecule has 290 valence electrons. The number of hydrogen-bond donors (Lipinski definition) is 0. The normalized spacial score (nSPS) is 14.4. The van der Waals surface area contributed by atoms with E-state index in [4.69, 9.17) is 24.1 Å². The first-order chi connectivity index (χ1) is 30.7. The van der Waals surface area contributed by atoms with Crippen molar-refractivity contribution in [3.05, 3.63) is 200 Å². The zero-order valence-electron chi connectivity index (χ0n) is 33.4. The molecule has 1 aliphatic heterocycles. The van der Waals surface area contributed by atoms with E-state index in [-0.39, 0.29) is 6.10 Å². The van der Waals surface area contributed by atoms with E-state index >= 15 is 0 Å². The Morgan fingerprint density at radius 2 is 1.05 bits per heavy atom. The van der Waals surface area contributed by atoms with Crippen LogP contribution in [0.1, 0.15) is 12.0 Å². The Morgan fingerprint density at radius 1 is 0.435 bits per heavy atom. The Balaban J connectivity index is 0.968. The van der Waals surface area contributed by atoms with Gasteiger partial charge in [0.1, 0.15) is 23.0 Å². The van der Waals surface area contributed by atoms with E-state index in [9.17, 15) is 0 Å². The van der Waals surface area contributed by atoms with Gasteiger partial charge in [-0.05, 0) is 85.4 Å². The van der Waals surface area contributed by atoms with Crippen molar-refractivity contribution < 1.29 is 9.15 Å². The Labute approximate surface area is 356 Å². The van der Waals surface area contributed by atoms with Crippen molar-refractivity contribution in [1.29, 1.82) is 0 Å². The number of furan rings is 1. The van der Waals surface area contributed by atoms with Crippen LogP contribution in [0.3, 0.4) is 0 Å². The lowest BCUT2D eigenvalue weighted by molar-refractivity contribution is 0.279. The third-order valence-corrected chi connectivity index (χ3v) is 12.6. The molecule has 0 N–H and O–H groups in total. The van der Waals surface area contributed by atoms with Gasteiger partial charge in [0.2, 0.25) is 0 Å². The van der Waals surface area contributed by atoms with Crippen LogP contribution < -0.4 is 4.74 Å². The lowest BCUT2D eigenvalue weighted by Gasteiger charge is -2.12. The van der Waals surface area contributed by atoms with Crippen LogP contribution in [-0.2, 0) is 0 Å². The van der Waals surface area contributed by atoms with Crippen LogP contribution >= 0.6 is 0 Å². The maximum absolute atomic E-state index is 6.75. The monoisotopic (exact) mass is 793 g/mol. The predicted molar refractivity (Wildman–Crippen MR) is 253 cm³/mol. The average Bonchev–Trinajstić information content (AvgIpc) is 3.91. The Kier molecular flexibility index (Phi) is 7.66. The summed E-state index contributed by atoms with van der Waals surface area (Å²) in [7, 11) is 0. The summed E-state index contributed by atoms with van der Waals surface area (Å²) in [5, 5.41) is 9.02. The van der Waals surface area contributed by atoms with Gasteiger partial charge >= 0.3 is 0 Å². The molecule has 5 heteroatoms. The molecule has 1 atom stereocenters. The maximum Gasteiger partial charge on any atom is 0.164 e. The zero-order chi connectivity index (χ0) is 40.7. The van der Waals surface area contributed by atoms with Crippen molar-refractivity contribution in [2.75, 3.05) is 0 Å². The summed E-state index contributed by atoms with van der Waals surface area (Å²) >= 11 is 0. The van der Waals surface area contributed by atoms with E-state index in [1.165, 1.54) is 32.7 Å². The molecule has 2 aliphatic rings. The summed E-state index contributed by atoms with van der Waals surface area (Å²) in [6, 6.07) is 62.0. The van der Waals surface area contributed by atoms with Gasteiger partial charge in [-0.15, -0.1) is 0 Å². The number of rotatable bonds is 5. The second-order valence-electron chi connectivity index (χ2n) is 16.3. The first-order valence-corrected chi connectivity index (χ1v) is 21.1. The fraction of sp³-hybridized carbons (Fsp3) is 0.0351. The molecular formula is C57H35N3O2. The molecule has 9 aromatic carbocycles. The third kappa shape index (κ3) is 5.66. The standard InChI is InChI=1S/C57H35N3O2/c1-3-11-38-29-40(25-21-34(38)9-1)36-19-23-37(24-20-36)55-58-56(43-28-26-41-32-49-46-13-5-6-17-50(46)61-52(49)33-44(41)31-43)60-57(59-55)48-16-8-18-51-53(48)47-15-7-14-45(54(47)62-51)42-27-22-35-10-2-4-12-39(35)30-42/h1-16,18-33,50H,17H2. The van der Waals surface area contributed by atoms with Crippen LogP contribution in [0.2, 0.25) is 0 Å². The van der Waals surface area contributed by atoms with Gasteiger partial charge in [0.15, 0.2) is 17.5 Å². The van der Waals surface area contributed by atoms with Crippen molar-refractivity contribution in [3.63, 3.8) is 0 Å². The molecule has 11 aromatic rings. The quantitative estimate of drug-likeness (QED) is 0.174. The molecule has 0 spiro atoms. The molecule has 1 unspecified atom stereocenters. The highest BCUT2D eigenvalue weighted by Crippen LogP contribution is 2.44. The Morgan fingerprint density at radius 3 is 1.87 bits per heavy atom. The lowest BCUT2D eigenvalue weighted by Crippen LogP contribution is -2.11. The van der Waals surface area contributed by atoms with E-state index in [1.807, 2.05) is 12.1 Å². The van der Waals surface area contributed by atoms with Gasteiger partial charge in [-0.25, -0.2) is 15.0 Å². The minimum absolute atomic E-state index is 0.0675. The Hall–Kier alpha value is -8.15. The second kappa shape index (κ2) is 13.7. The van der Waals surface area contributed by atoms with Gasteiger partial charge in [0.05, 0.1) is 0 Å². The van der Waals surface area contributed by atoms with Crippen molar-refractivity contribution in [1.82, 2.24) is 15.0 Å². The fourth-order valence-electron chi connectivity index (χ4n) is 9.43. The van der Waals surface area contributed by atoms with Crippen molar-refractivity contribution in [3.8, 4) is 62.2 Å². The minimum atomic E-state index is 0.0675. The molecule has 62 heavy (non-hydrogen) atoms. The fourth-order valence-corrected chi connectivity index (χ4v) is 9.43. The predicted octanol–water partition coefficient (Wildman–Crippen LogP) is 14.7. The SMILES string of the molecule is C1=CCC2Oc3cc4cc(-c5nc(-c6ccc(-c7ccc8ccccc8c7)cc6)nc(-c6cccc7oc8c(-c9ccc%10ccccc%10c9)cccc8c67)n5)ccc4cc3C2=C1. The topological polar surface area (TPSA) is 61.0 Å². The van der Waals surface area contributed by atoms with Crippen LogP contribution in [0.5, 0.6) is 5.75 Å². The summed E-state index contributed by atoms with van der Waals surface area (Å²) in [4.78, 5) is 15.7. The summed E-state index contributed by atoms with van der Waals surface area (Å²) in [5.74, 6) is 2.68. The molecular weight excluding hydrogens is 759 g/mol. The minimum Gasteiger partial charge on any atom is -0.485 e. The third-order valence-electron chi connectivity index (χ3n) is 12.6. The molecule has 0 saturated heterocycles. The van der Waals surface area contributed by atoms with Gasteiger partial charge in [0, 0.05) is 50.6 Å². The largest absolute Gasteiger partial charge is 0.485 e. The van der Waals surface area contributed by atoms with Crippen molar-refractivity contribution in [2.24, 2.45) is 0 Å². The van der Waals surface area contributed by atoms with Gasteiger partial charge in [-0.1, -0.05) is 158 Å². The smallest absolute Gasteiger partial charge is 0.164 e. The number of nitrogens with zero attached hydrogens (tertiary/aromatic N) is 3. The highest BCUT2D eigenvalue weighted by molar-refractivity contribution is 6.15. The number of allylic oxidation sites excluding steroid dienone is 2. The number of aromatic nitrogens is 3. The van der Waals surface area contributed by atoms with Gasteiger partial charge in [-0.2, -0.15) is 0 Å². The van der Waals surface area contributed by atoms with Crippen molar-refractivity contribution in [2.45, 2.75) is 12.5 Å². The van der Waals surface area contributed by atoms with Crippen LogP contribution in [0.4, 0.5) is 0 Å². The molecule has 1 aliphatic carbocycles. The molecule has 0 radical (unpaired) electrons. The number of ether oxygens (including phenoxy) is 1. The van der Waals surface area contributed by atoms with Gasteiger partial charge in [0.25, 0.3) is 0 Å². The molecule has 3 heterocycles. The van der Waals surface area contributed by atoms with E-state index in [2.05, 4.69) is 182 Å². The molecule has 5 nitrogen and oxygen atoms in total. The van der Waals surface area contributed by atoms with Gasteiger partial charge < -0.3 is 9.15 Å². The second-order valence-corrected chi connectivity index (χ2v) is 16.3. The molecule has 2 aromatic heterocycles. The molecule has 13 rings (SSSR count). The first-order valence-electron chi connectivity index (χ1n) is 21.1. The van der Waals surface area contributed by atoms with Gasteiger partial charge in [-0.3, -0.25) is 0 Å². The average molecular weight is 794 g/mol. The van der Waals surface area contributed by atoms with Crippen LogP contribution in [0.25, 0.3) is 116 Å². The molecule has 0 bridgehead atoms. The lowest BCUT2D eigenvalue weighted by atomic mass is 9.94. The summed E-state index contributed by atoms with van der Waals surface area (Å²) in [6.45, 7) is 0. The Bertz CT molecular complexity index is 3710. The summed E-state index contributed by atoms with van der Waals surface area (Å²) in [6.07, 6.45) is 7.42. The highest BCUT2D eigenvalue weighted by atomic mass is 16.5. The van der Waals surface area contributed by atoms with Crippen LogP contribution in [0.15, 0.2) is 199 Å². The number of fused-ring (bicyclic) bond motifs is 9. The number of para-hydroxylation sites is 1. The number of hydrogen-bond acceptors (Lipinski definition) is 5. The van der Waals surface area contributed by atoms with E-state index < -0.39 is 0 Å². The highest BCUT2D eigenvalue weighted by Gasteiger charge is 2.29. The van der Waals surface area contributed by atoms with E-state index in [0.717, 1.165) is 83.8 Å². The number of benzene rings is 9. The van der Waals surface area contributed by atoms with Crippen molar-refractivity contribution >= 4 is 59.8 Å². The first kappa shape index (κ1) is 34.7. The van der Waals surface area contributed by atoms with E-state index in [1.54, 1.807) is 0 Å². The zero-order valence-corrected chi connectivity index (χ0v) is 33.4. The van der Waals surface area contributed by atoms with Crippen LogP contribution in [0, 0.1) is 0 Å². The molecule has 0 fully saturated rings. The summed E-state index contributed by atoms with van der Waals surface area (Å²) in [5.41, 5.74) is 11.1. The van der Waals surface area contributed by atoms with Crippen LogP contribution in [-0.4, -0.2) is 21.1 Å².